The van der Waals surface area contributed by atoms with Crippen LogP contribution in [-0.2, 0) is 0 Å². The minimum Gasteiger partial charge on any atom is -0.293 e. The topological polar surface area (TPSA) is 58.0 Å². The van der Waals surface area contributed by atoms with Crippen LogP contribution in [0.25, 0.3) is 0 Å². The van der Waals surface area contributed by atoms with E-state index in [0.29, 0.717) is 10.6 Å². The first kappa shape index (κ1) is 13.2. The second-order valence-corrected chi connectivity index (χ2v) is 4.34. The number of nitrogens with one attached hydrogen (secondary N) is 1. The van der Waals surface area contributed by atoms with Crippen molar-refractivity contribution in [3.63, 3.8) is 0 Å². The molecule has 94 valence electrons. The molecule has 0 atom stereocenters. The molecule has 2 aromatic rings. The molecule has 19 heavy (non-hydrogen) atoms. The van der Waals surface area contributed by atoms with Crippen LogP contribution in [0.1, 0.15) is 20.7 Å². The highest BCUT2D eigenvalue weighted by Gasteiger charge is 2.20. The van der Waals surface area contributed by atoms with E-state index in [9.17, 15) is 9.59 Å². The molecular weight excluding hydrogens is 262 g/mol. The lowest BCUT2D eigenvalue weighted by Gasteiger charge is -2.03. The van der Waals surface area contributed by atoms with E-state index >= 15 is 0 Å². The van der Waals surface area contributed by atoms with Crippen molar-refractivity contribution in [3.8, 4) is 0 Å². The van der Waals surface area contributed by atoms with Crippen molar-refractivity contribution in [2.24, 2.45) is 0 Å². The molecule has 0 aliphatic heterocycles. The molecule has 1 N–H and O–H groups in total. The largest absolute Gasteiger partial charge is 0.293 e. The number of carbonyl (C=O) groups is 2. The van der Waals surface area contributed by atoms with Crippen molar-refractivity contribution in [1.29, 1.82) is 5.41 Å². The zero-order chi connectivity index (χ0) is 13.8. The number of rotatable bonds is 4. The van der Waals surface area contributed by atoms with Crippen molar-refractivity contribution in [1.82, 2.24) is 0 Å². The van der Waals surface area contributed by atoms with Crippen molar-refractivity contribution in [2.45, 2.75) is 0 Å². The van der Waals surface area contributed by atoms with Crippen LogP contribution >= 0.6 is 11.6 Å². The molecule has 2 aromatic carbocycles. The summed E-state index contributed by atoms with van der Waals surface area (Å²) in [4.78, 5) is 23.9. The fourth-order valence-corrected chi connectivity index (χ4v) is 1.71. The van der Waals surface area contributed by atoms with E-state index in [1.807, 2.05) is 0 Å². The summed E-state index contributed by atoms with van der Waals surface area (Å²) in [6, 6.07) is 14.4. The zero-order valence-electron chi connectivity index (χ0n) is 9.89. The molecule has 0 saturated carbocycles. The van der Waals surface area contributed by atoms with E-state index in [1.165, 1.54) is 12.1 Å². The fraction of sp³-hybridized carbons (Fsp3) is 0. The van der Waals surface area contributed by atoms with E-state index in [2.05, 4.69) is 0 Å². The summed E-state index contributed by atoms with van der Waals surface area (Å²) in [6.07, 6.45) is 0. The second kappa shape index (κ2) is 5.59. The second-order valence-electron chi connectivity index (χ2n) is 3.91. The van der Waals surface area contributed by atoms with Crippen LogP contribution in [0.5, 0.6) is 0 Å². The van der Waals surface area contributed by atoms with Crippen molar-refractivity contribution >= 4 is 28.9 Å². The quantitative estimate of drug-likeness (QED) is 0.526. The molecule has 0 spiro atoms. The van der Waals surface area contributed by atoms with Crippen molar-refractivity contribution < 1.29 is 9.59 Å². The third kappa shape index (κ3) is 2.95. The number of hydrogen-bond donors (Lipinski definition) is 1. The van der Waals surface area contributed by atoms with Gasteiger partial charge in [0, 0.05) is 16.1 Å². The van der Waals surface area contributed by atoms with Crippen LogP contribution in [0.3, 0.4) is 0 Å². The lowest BCUT2D eigenvalue weighted by Crippen LogP contribution is -2.23. The minimum atomic E-state index is -0.606. The van der Waals surface area contributed by atoms with Crippen LogP contribution in [0.4, 0.5) is 0 Å². The molecule has 0 unspecified atom stereocenters. The van der Waals surface area contributed by atoms with Crippen LogP contribution in [0, 0.1) is 5.41 Å². The van der Waals surface area contributed by atoms with Gasteiger partial charge in [-0.05, 0) is 24.3 Å². The van der Waals surface area contributed by atoms with Gasteiger partial charge in [-0.3, -0.25) is 15.0 Å². The van der Waals surface area contributed by atoms with Gasteiger partial charge in [-0.1, -0.05) is 41.9 Å². The summed E-state index contributed by atoms with van der Waals surface area (Å²) in [7, 11) is 0. The van der Waals surface area contributed by atoms with Gasteiger partial charge in [0.25, 0.3) is 0 Å². The van der Waals surface area contributed by atoms with Gasteiger partial charge < -0.3 is 0 Å². The molecule has 0 aliphatic rings. The molecule has 3 nitrogen and oxygen atoms in total. The summed E-state index contributed by atoms with van der Waals surface area (Å²) in [5.74, 6) is -1.19. The normalized spacial score (nSPS) is 9.95. The molecule has 0 heterocycles. The number of halogens is 1. The maximum Gasteiger partial charge on any atom is 0.214 e. The monoisotopic (exact) mass is 271 g/mol. The van der Waals surface area contributed by atoms with Gasteiger partial charge in [-0.15, -0.1) is 0 Å². The molecule has 0 bridgehead atoms. The summed E-state index contributed by atoms with van der Waals surface area (Å²) < 4.78 is 0. The predicted octanol–water partition coefficient (Wildman–Crippen LogP) is 3.43. The fourth-order valence-electron chi connectivity index (χ4n) is 1.58. The van der Waals surface area contributed by atoms with Gasteiger partial charge in [0.2, 0.25) is 11.6 Å². The van der Waals surface area contributed by atoms with Gasteiger partial charge in [-0.25, -0.2) is 0 Å². The molecule has 4 heteroatoms. The SMILES string of the molecule is N=C(C(=O)c1ccccc1)C(=O)c1ccc(Cl)cc1. The lowest BCUT2D eigenvalue weighted by atomic mass is 10.00. The summed E-state index contributed by atoms with van der Waals surface area (Å²) in [5, 5.41) is 8.19. The van der Waals surface area contributed by atoms with E-state index in [4.69, 9.17) is 17.0 Å². The number of hydrogen-bond acceptors (Lipinski definition) is 3. The molecule has 0 aliphatic carbocycles. The maximum atomic E-state index is 12.0. The molecule has 2 rings (SSSR count). The minimum absolute atomic E-state index is 0.277. The van der Waals surface area contributed by atoms with E-state index in [1.54, 1.807) is 42.5 Å². The molecule has 0 amide bonds. The predicted molar refractivity (Wildman–Crippen MR) is 74.3 cm³/mol. The Morgan fingerprint density at radius 3 is 1.79 bits per heavy atom. The van der Waals surface area contributed by atoms with Crippen molar-refractivity contribution in [2.75, 3.05) is 0 Å². The average Bonchev–Trinajstić information content (AvgIpc) is 2.46. The van der Waals surface area contributed by atoms with Gasteiger partial charge in [0.15, 0.2) is 5.71 Å². The Balaban J connectivity index is 2.23. The van der Waals surface area contributed by atoms with Crippen molar-refractivity contribution in [3.05, 3.63) is 70.7 Å². The van der Waals surface area contributed by atoms with E-state index in [0.717, 1.165) is 0 Å². The Morgan fingerprint density at radius 2 is 1.26 bits per heavy atom. The highest BCUT2D eigenvalue weighted by atomic mass is 35.5. The average molecular weight is 272 g/mol. The highest BCUT2D eigenvalue weighted by Crippen LogP contribution is 2.11. The number of benzene rings is 2. The Labute approximate surface area is 115 Å². The highest BCUT2D eigenvalue weighted by molar-refractivity contribution is 6.70. The van der Waals surface area contributed by atoms with Crippen LogP contribution in [0.2, 0.25) is 5.02 Å². The van der Waals surface area contributed by atoms with Gasteiger partial charge >= 0.3 is 0 Å². The molecule has 0 radical (unpaired) electrons. The smallest absolute Gasteiger partial charge is 0.214 e. The molecule has 0 aromatic heterocycles. The zero-order valence-corrected chi connectivity index (χ0v) is 10.6. The molecular formula is C15H10ClNO2. The first-order valence-corrected chi connectivity index (χ1v) is 5.96. The van der Waals surface area contributed by atoms with Gasteiger partial charge in [0.1, 0.15) is 0 Å². The Morgan fingerprint density at radius 1 is 0.789 bits per heavy atom. The number of ketones is 2. The van der Waals surface area contributed by atoms with E-state index in [-0.39, 0.29) is 5.56 Å². The Bertz CT molecular complexity index is 633. The summed E-state index contributed by atoms with van der Waals surface area (Å²) >= 11 is 5.72. The molecule has 0 saturated heterocycles. The molecule has 0 fully saturated rings. The standard InChI is InChI=1S/C15H10ClNO2/c16-12-8-6-11(7-9-12)15(19)13(17)14(18)10-4-2-1-3-5-10/h1-9,17H. The third-order valence-electron chi connectivity index (χ3n) is 2.60. The lowest BCUT2D eigenvalue weighted by molar-refractivity contribution is 0.101. The first-order chi connectivity index (χ1) is 9.09. The van der Waals surface area contributed by atoms with Crippen LogP contribution in [0.15, 0.2) is 54.6 Å². The summed E-state index contributed by atoms with van der Waals surface area (Å²) in [5.41, 5.74) is 0.0574. The van der Waals surface area contributed by atoms with Crippen LogP contribution in [-0.4, -0.2) is 17.3 Å². The number of Topliss-reactive ketones (excluding diaryl/α,β-unsaturated/α-hetero) is 2. The van der Waals surface area contributed by atoms with Crippen LogP contribution < -0.4 is 0 Å². The summed E-state index contributed by atoms with van der Waals surface area (Å²) in [6.45, 7) is 0. The van der Waals surface area contributed by atoms with Gasteiger partial charge in [0.05, 0.1) is 0 Å². The van der Waals surface area contributed by atoms with Gasteiger partial charge in [-0.2, -0.15) is 0 Å². The Kier molecular flexibility index (Phi) is 3.88. The third-order valence-corrected chi connectivity index (χ3v) is 2.85. The first-order valence-electron chi connectivity index (χ1n) is 5.58. The Hall–Kier alpha value is -2.26. The van der Waals surface area contributed by atoms with E-state index < -0.39 is 17.3 Å². The maximum absolute atomic E-state index is 12.0. The number of carbonyl (C=O) groups excluding carboxylic acids is 2.